The summed E-state index contributed by atoms with van der Waals surface area (Å²) in [4.78, 5) is 30.1. The standard InChI is InChI=1S/C28H29FN4O3/c1-28(10-12-33(16-28)24(34)15-36-2)20-6-3-17(4-7-20)22-14-23(26(30)32-25(22)29)18-5-8-21-19(13-18)9-11-31-27(21)35/h3-8,13-14H,9-12,15-16H2,1-2H3,(H2,30,32)(H,31,35). The first-order valence-corrected chi connectivity index (χ1v) is 12.0. The summed E-state index contributed by atoms with van der Waals surface area (Å²) in [6.45, 7) is 4.11. The summed E-state index contributed by atoms with van der Waals surface area (Å²) in [5.74, 6) is -0.628. The van der Waals surface area contributed by atoms with Crippen LogP contribution in [-0.4, -0.2) is 55.0 Å². The number of methoxy groups -OCH3 is 1. The van der Waals surface area contributed by atoms with Gasteiger partial charge in [-0.1, -0.05) is 43.3 Å². The third-order valence-electron chi connectivity index (χ3n) is 7.33. The van der Waals surface area contributed by atoms with Gasteiger partial charge in [0.25, 0.3) is 5.91 Å². The van der Waals surface area contributed by atoms with Crippen molar-refractivity contribution in [3.05, 3.63) is 71.2 Å². The highest BCUT2D eigenvalue weighted by Gasteiger charge is 2.37. The molecule has 2 aliphatic rings. The minimum Gasteiger partial charge on any atom is -0.383 e. The first-order chi connectivity index (χ1) is 17.3. The number of carbonyl (C=O) groups is 2. The molecular weight excluding hydrogens is 459 g/mol. The number of amides is 2. The monoisotopic (exact) mass is 488 g/mol. The molecule has 8 heteroatoms. The normalized spacial score (nSPS) is 19.2. The van der Waals surface area contributed by atoms with Gasteiger partial charge in [0, 0.05) is 48.8 Å². The van der Waals surface area contributed by atoms with E-state index in [-0.39, 0.29) is 29.7 Å². The minimum absolute atomic E-state index is 0.0109. The molecule has 2 amide bonds. The predicted molar refractivity (Wildman–Crippen MR) is 136 cm³/mol. The number of likely N-dealkylation sites (tertiary alicyclic amines) is 1. The van der Waals surface area contributed by atoms with Crippen LogP contribution in [-0.2, 0) is 21.4 Å². The van der Waals surface area contributed by atoms with Crippen LogP contribution in [0.15, 0.2) is 48.5 Å². The highest BCUT2D eigenvalue weighted by Crippen LogP contribution is 2.37. The maximum absolute atomic E-state index is 14.9. The molecule has 1 aromatic heterocycles. The Bertz CT molecular complexity index is 1340. The molecule has 1 fully saturated rings. The molecule has 0 spiro atoms. The summed E-state index contributed by atoms with van der Waals surface area (Å²) < 4.78 is 19.9. The van der Waals surface area contributed by atoms with E-state index in [0.717, 1.165) is 29.5 Å². The average molecular weight is 489 g/mol. The van der Waals surface area contributed by atoms with Gasteiger partial charge in [-0.2, -0.15) is 4.39 Å². The second-order valence-electron chi connectivity index (χ2n) is 9.77. The molecule has 1 saturated heterocycles. The molecule has 36 heavy (non-hydrogen) atoms. The number of nitrogens with one attached hydrogen (secondary N) is 1. The molecule has 0 saturated carbocycles. The van der Waals surface area contributed by atoms with Crippen LogP contribution in [0.25, 0.3) is 22.3 Å². The van der Waals surface area contributed by atoms with Gasteiger partial charge in [0.05, 0.1) is 0 Å². The number of anilines is 1. The quantitative estimate of drug-likeness (QED) is 0.536. The lowest BCUT2D eigenvalue weighted by Crippen LogP contribution is -2.34. The Morgan fingerprint density at radius 1 is 1.14 bits per heavy atom. The van der Waals surface area contributed by atoms with Crippen LogP contribution < -0.4 is 11.1 Å². The first-order valence-electron chi connectivity index (χ1n) is 12.0. The maximum atomic E-state index is 14.9. The minimum atomic E-state index is -0.634. The number of halogens is 1. The number of ether oxygens (including phenoxy) is 1. The van der Waals surface area contributed by atoms with Crippen LogP contribution in [0.5, 0.6) is 0 Å². The van der Waals surface area contributed by atoms with Gasteiger partial charge in [-0.25, -0.2) is 4.98 Å². The van der Waals surface area contributed by atoms with Crippen LogP contribution in [0.1, 0.15) is 34.8 Å². The molecule has 1 atom stereocenters. The highest BCUT2D eigenvalue weighted by atomic mass is 19.1. The van der Waals surface area contributed by atoms with Crippen molar-refractivity contribution < 1.29 is 18.7 Å². The van der Waals surface area contributed by atoms with Crippen LogP contribution in [0.3, 0.4) is 0 Å². The summed E-state index contributed by atoms with van der Waals surface area (Å²) in [7, 11) is 1.52. The van der Waals surface area contributed by atoms with Crippen LogP contribution >= 0.6 is 0 Å². The van der Waals surface area contributed by atoms with Gasteiger partial charge in [0.15, 0.2) is 0 Å². The smallest absolute Gasteiger partial charge is 0.251 e. The number of nitrogen functional groups attached to an aromatic ring is 1. The van der Waals surface area contributed by atoms with E-state index in [2.05, 4.69) is 17.2 Å². The van der Waals surface area contributed by atoms with E-state index >= 15 is 0 Å². The fourth-order valence-electron chi connectivity index (χ4n) is 5.21. The van der Waals surface area contributed by atoms with E-state index in [9.17, 15) is 14.0 Å². The lowest BCUT2D eigenvalue weighted by atomic mass is 9.81. The van der Waals surface area contributed by atoms with Gasteiger partial charge >= 0.3 is 0 Å². The summed E-state index contributed by atoms with van der Waals surface area (Å²) in [5.41, 5.74) is 11.1. The van der Waals surface area contributed by atoms with Crippen molar-refractivity contribution in [1.29, 1.82) is 0 Å². The van der Waals surface area contributed by atoms with E-state index in [0.29, 0.717) is 41.9 Å². The van der Waals surface area contributed by atoms with Crippen molar-refractivity contribution in [1.82, 2.24) is 15.2 Å². The van der Waals surface area contributed by atoms with Crippen molar-refractivity contribution in [3.63, 3.8) is 0 Å². The van der Waals surface area contributed by atoms with E-state index < -0.39 is 5.95 Å². The third-order valence-corrected chi connectivity index (χ3v) is 7.33. The molecule has 2 aliphatic heterocycles. The molecule has 3 N–H and O–H groups in total. The Labute approximate surface area is 209 Å². The average Bonchev–Trinajstić information content (AvgIpc) is 3.28. The lowest BCUT2D eigenvalue weighted by Gasteiger charge is -2.25. The number of pyridine rings is 1. The predicted octanol–water partition coefficient (Wildman–Crippen LogP) is 3.56. The zero-order valence-electron chi connectivity index (χ0n) is 20.4. The van der Waals surface area contributed by atoms with E-state index in [1.807, 2.05) is 41.3 Å². The number of benzene rings is 2. The van der Waals surface area contributed by atoms with E-state index in [1.165, 1.54) is 7.11 Å². The number of aromatic nitrogens is 1. The largest absolute Gasteiger partial charge is 0.383 e. The topological polar surface area (TPSA) is 97.5 Å². The summed E-state index contributed by atoms with van der Waals surface area (Å²) in [6, 6.07) is 15.0. The number of carbonyl (C=O) groups excluding carboxylic acids is 2. The molecule has 0 aliphatic carbocycles. The fraction of sp³-hybridized carbons (Fsp3) is 0.321. The van der Waals surface area contributed by atoms with E-state index in [1.54, 1.807) is 12.1 Å². The number of nitrogens with two attached hydrogens (primary N) is 1. The van der Waals surface area contributed by atoms with E-state index in [4.69, 9.17) is 10.5 Å². The Kier molecular flexibility index (Phi) is 6.22. The number of fused-ring (bicyclic) bond motifs is 1. The third kappa shape index (κ3) is 4.33. The number of hydrogen-bond donors (Lipinski definition) is 2. The van der Waals surface area contributed by atoms with Crippen LogP contribution in [0.2, 0.25) is 0 Å². The Morgan fingerprint density at radius 3 is 2.64 bits per heavy atom. The molecule has 3 heterocycles. The van der Waals surface area contributed by atoms with Crippen LogP contribution in [0, 0.1) is 5.95 Å². The second kappa shape index (κ2) is 9.35. The number of hydrogen-bond acceptors (Lipinski definition) is 5. The van der Waals surface area contributed by atoms with Crippen LogP contribution in [0.4, 0.5) is 10.2 Å². The molecule has 3 aromatic rings. The van der Waals surface area contributed by atoms with Crippen molar-refractivity contribution in [3.8, 4) is 22.3 Å². The molecular formula is C28H29FN4O3. The molecule has 5 rings (SSSR count). The first kappa shape index (κ1) is 23.9. The number of nitrogens with zero attached hydrogens (tertiary/aromatic N) is 2. The zero-order chi connectivity index (χ0) is 25.4. The van der Waals surface area contributed by atoms with Crippen molar-refractivity contribution in [2.75, 3.05) is 39.1 Å². The van der Waals surface area contributed by atoms with Gasteiger partial charge in [-0.15, -0.1) is 0 Å². The molecule has 0 radical (unpaired) electrons. The van der Waals surface area contributed by atoms with Gasteiger partial charge in [-0.3, -0.25) is 9.59 Å². The maximum Gasteiger partial charge on any atom is 0.251 e. The van der Waals surface area contributed by atoms with Crippen molar-refractivity contribution >= 4 is 17.6 Å². The summed E-state index contributed by atoms with van der Waals surface area (Å²) in [5, 5.41) is 2.84. The lowest BCUT2D eigenvalue weighted by molar-refractivity contribution is -0.134. The van der Waals surface area contributed by atoms with Gasteiger partial charge < -0.3 is 20.7 Å². The second-order valence-corrected chi connectivity index (χ2v) is 9.77. The van der Waals surface area contributed by atoms with Gasteiger partial charge in [0.2, 0.25) is 11.9 Å². The van der Waals surface area contributed by atoms with Crippen molar-refractivity contribution in [2.45, 2.75) is 25.2 Å². The fourth-order valence-corrected chi connectivity index (χ4v) is 5.21. The Morgan fingerprint density at radius 2 is 1.89 bits per heavy atom. The Hall–Kier alpha value is -3.78. The summed E-state index contributed by atoms with van der Waals surface area (Å²) >= 11 is 0. The SMILES string of the molecule is COCC(=O)N1CCC(C)(c2ccc(-c3cc(-c4ccc5c(c4)CCNC5=O)c(N)nc3F)cc2)C1. The molecule has 2 aromatic carbocycles. The molecule has 186 valence electrons. The van der Waals surface area contributed by atoms with Gasteiger partial charge in [-0.05, 0) is 47.2 Å². The molecule has 0 bridgehead atoms. The highest BCUT2D eigenvalue weighted by molar-refractivity contribution is 5.97. The summed E-state index contributed by atoms with van der Waals surface area (Å²) in [6.07, 6.45) is 1.57. The Balaban J connectivity index is 1.43. The van der Waals surface area contributed by atoms with Crippen molar-refractivity contribution in [2.24, 2.45) is 0 Å². The molecule has 7 nitrogen and oxygen atoms in total. The zero-order valence-corrected chi connectivity index (χ0v) is 20.4. The number of rotatable bonds is 5. The molecule has 1 unspecified atom stereocenters. The van der Waals surface area contributed by atoms with Gasteiger partial charge in [0.1, 0.15) is 12.4 Å².